The number of methoxy groups -OCH3 is 1. The number of ketones is 1. The Morgan fingerprint density at radius 2 is 2.08 bits per heavy atom. The minimum Gasteiger partial charge on any atom is -0.466 e. The first-order chi connectivity index (χ1) is 11.8. The van der Waals surface area contributed by atoms with Gasteiger partial charge in [0.25, 0.3) is 0 Å². The van der Waals surface area contributed by atoms with Crippen molar-refractivity contribution in [2.45, 2.75) is 52.9 Å². The van der Waals surface area contributed by atoms with E-state index in [1.807, 2.05) is 13.0 Å². The van der Waals surface area contributed by atoms with Gasteiger partial charge in [-0.2, -0.15) is 0 Å². The molecule has 1 aliphatic carbocycles. The van der Waals surface area contributed by atoms with Crippen molar-refractivity contribution < 1.29 is 14.3 Å². The van der Waals surface area contributed by atoms with Crippen molar-refractivity contribution in [3.05, 3.63) is 44.4 Å². The van der Waals surface area contributed by atoms with E-state index in [-0.39, 0.29) is 23.1 Å². The van der Waals surface area contributed by atoms with Crippen molar-refractivity contribution in [2.24, 2.45) is 5.41 Å². The van der Waals surface area contributed by atoms with Gasteiger partial charge in [0.2, 0.25) is 0 Å². The predicted molar refractivity (Wildman–Crippen MR) is 99.3 cm³/mol. The second kappa shape index (κ2) is 6.45. The first-order valence-corrected chi connectivity index (χ1v) is 9.50. The van der Waals surface area contributed by atoms with Crippen LogP contribution in [-0.2, 0) is 20.7 Å². The lowest BCUT2D eigenvalue weighted by Gasteiger charge is -2.39. The fourth-order valence-corrected chi connectivity index (χ4v) is 4.91. The summed E-state index contributed by atoms with van der Waals surface area (Å²) in [7, 11) is 1.39. The molecule has 0 radical (unpaired) electrons. The molecule has 1 aromatic heterocycles. The van der Waals surface area contributed by atoms with E-state index in [9.17, 15) is 9.59 Å². The second-order valence-corrected chi connectivity index (χ2v) is 8.78. The monoisotopic (exact) mass is 359 g/mol. The molecule has 1 aromatic rings. The molecule has 1 N–H and O–H groups in total. The Morgan fingerprint density at radius 3 is 2.68 bits per heavy atom. The highest BCUT2D eigenvalue weighted by Crippen LogP contribution is 2.48. The van der Waals surface area contributed by atoms with Gasteiger partial charge in [0, 0.05) is 33.1 Å². The average molecular weight is 359 g/mol. The SMILES string of the molecule is CCc1ccc(C2C(C(=O)OC)=C(C)NC3=C2C(=O)CC(C)(C)C3)s1. The molecule has 2 aliphatic rings. The minimum absolute atomic E-state index is 0.0689. The van der Waals surface area contributed by atoms with Gasteiger partial charge in [0.15, 0.2) is 5.78 Å². The molecule has 1 aliphatic heterocycles. The molecule has 1 unspecified atom stereocenters. The second-order valence-electron chi connectivity index (χ2n) is 7.58. The van der Waals surface area contributed by atoms with Gasteiger partial charge in [0.1, 0.15) is 0 Å². The summed E-state index contributed by atoms with van der Waals surface area (Å²) in [6, 6.07) is 4.14. The summed E-state index contributed by atoms with van der Waals surface area (Å²) in [6.45, 7) is 8.23. The maximum absolute atomic E-state index is 13.0. The molecule has 0 amide bonds. The van der Waals surface area contributed by atoms with Gasteiger partial charge in [0.05, 0.1) is 18.6 Å². The third kappa shape index (κ3) is 3.17. The molecule has 0 saturated heterocycles. The number of allylic oxidation sites excluding steroid dienone is 3. The zero-order chi connectivity index (χ0) is 18.4. The number of Topliss-reactive ketones (excluding diaryl/α,β-unsaturated/α-hetero) is 1. The zero-order valence-corrected chi connectivity index (χ0v) is 16.3. The summed E-state index contributed by atoms with van der Waals surface area (Å²) >= 11 is 1.67. The fourth-order valence-electron chi connectivity index (χ4n) is 3.84. The van der Waals surface area contributed by atoms with Crippen LogP contribution in [-0.4, -0.2) is 18.9 Å². The average Bonchev–Trinajstić information content (AvgIpc) is 3.00. The minimum atomic E-state index is -0.370. The zero-order valence-electron chi connectivity index (χ0n) is 15.5. The maximum Gasteiger partial charge on any atom is 0.336 e. The molecule has 2 heterocycles. The van der Waals surface area contributed by atoms with Gasteiger partial charge in [-0.05, 0) is 37.3 Å². The van der Waals surface area contributed by atoms with Crippen LogP contribution in [0.1, 0.15) is 56.2 Å². The maximum atomic E-state index is 13.0. The van der Waals surface area contributed by atoms with Gasteiger partial charge >= 0.3 is 5.97 Å². The van der Waals surface area contributed by atoms with E-state index in [1.165, 1.54) is 12.0 Å². The van der Waals surface area contributed by atoms with E-state index in [1.54, 1.807) is 11.3 Å². The number of carbonyl (C=O) groups is 2. The Labute approximate surface area is 153 Å². The van der Waals surface area contributed by atoms with E-state index < -0.39 is 0 Å². The molecule has 0 saturated carbocycles. The fraction of sp³-hybridized carbons (Fsp3) is 0.500. The summed E-state index contributed by atoms with van der Waals surface area (Å²) in [4.78, 5) is 27.8. The molecular weight excluding hydrogens is 334 g/mol. The smallest absolute Gasteiger partial charge is 0.336 e. The Balaban J connectivity index is 2.17. The third-order valence-electron chi connectivity index (χ3n) is 4.96. The quantitative estimate of drug-likeness (QED) is 0.826. The van der Waals surface area contributed by atoms with Gasteiger partial charge < -0.3 is 10.1 Å². The molecule has 4 nitrogen and oxygen atoms in total. The first kappa shape index (κ1) is 17.9. The molecule has 0 fully saturated rings. The lowest BCUT2D eigenvalue weighted by Crippen LogP contribution is -2.38. The van der Waals surface area contributed by atoms with Crippen LogP contribution in [0.5, 0.6) is 0 Å². The number of hydrogen-bond acceptors (Lipinski definition) is 5. The lowest BCUT2D eigenvalue weighted by atomic mass is 9.70. The molecule has 3 rings (SSSR count). The van der Waals surface area contributed by atoms with Crippen molar-refractivity contribution >= 4 is 23.1 Å². The van der Waals surface area contributed by atoms with Crippen LogP contribution in [0.4, 0.5) is 0 Å². The Kier molecular flexibility index (Phi) is 4.62. The van der Waals surface area contributed by atoms with Crippen LogP contribution >= 0.6 is 11.3 Å². The van der Waals surface area contributed by atoms with Crippen molar-refractivity contribution in [1.82, 2.24) is 5.32 Å². The van der Waals surface area contributed by atoms with Crippen LogP contribution in [0.3, 0.4) is 0 Å². The molecule has 0 bridgehead atoms. The lowest BCUT2D eigenvalue weighted by molar-refractivity contribution is -0.136. The number of nitrogens with one attached hydrogen (secondary N) is 1. The molecule has 1 atom stereocenters. The molecule has 25 heavy (non-hydrogen) atoms. The largest absolute Gasteiger partial charge is 0.466 e. The van der Waals surface area contributed by atoms with Gasteiger partial charge in [-0.25, -0.2) is 4.79 Å². The number of dihydropyridines is 1. The summed E-state index contributed by atoms with van der Waals surface area (Å²) < 4.78 is 5.03. The predicted octanol–water partition coefficient (Wildman–Crippen LogP) is 4.09. The van der Waals surface area contributed by atoms with Crippen LogP contribution in [0, 0.1) is 5.41 Å². The number of aryl methyl sites for hydroxylation is 1. The van der Waals surface area contributed by atoms with E-state index >= 15 is 0 Å². The summed E-state index contributed by atoms with van der Waals surface area (Å²) in [5, 5.41) is 3.33. The third-order valence-corrected chi connectivity index (χ3v) is 6.25. The number of ether oxygens (including phenoxy) is 1. The van der Waals surface area contributed by atoms with Gasteiger partial charge in [-0.1, -0.05) is 20.8 Å². The van der Waals surface area contributed by atoms with Crippen molar-refractivity contribution in [3.8, 4) is 0 Å². The highest BCUT2D eigenvalue weighted by molar-refractivity contribution is 7.12. The number of carbonyl (C=O) groups excluding carboxylic acids is 2. The van der Waals surface area contributed by atoms with Crippen LogP contribution in [0.2, 0.25) is 0 Å². The van der Waals surface area contributed by atoms with E-state index in [4.69, 9.17) is 4.74 Å². The molecule has 5 heteroatoms. The number of esters is 1. The molecule has 134 valence electrons. The number of hydrogen-bond donors (Lipinski definition) is 1. The van der Waals surface area contributed by atoms with E-state index in [2.05, 4.69) is 32.2 Å². The highest BCUT2D eigenvalue weighted by Gasteiger charge is 2.43. The number of thiophene rings is 1. The van der Waals surface area contributed by atoms with Crippen molar-refractivity contribution in [1.29, 1.82) is 0 Å². The number of rotatable bonds is 3. The first-order valence-electron chi connectivity index (χ1n) is 8.68. The highest BCUT2D eigenvalue weighted by atomic mass is 32.1. The molecular formula is C20H25NO3S. The normalized spacial score (nSPS) is 22.6. The van der Waals surface area contributed by atoms with E-state index in [0.717, 1.165) is 34.7 Å². The van der Waals surface area contributed by atoms with Crippen molar-refractivity contribution in [2.75, 3.05) is 7.11 Å². The summed E-state index contributed by atoms with van der Waals surface area (Å²) in [6.07, 6.45) is 2.25. The molecule has 0 aromatic carbocycles. The van der Waals surface area contributed by atoms with Crippen molar-refractivity contribution in [3.63, 3.8) is 0 Å². The standard InChI is InChI=1S/C20H25NO3S/c1-6-12-7-8-15(25-12)18-16(19(23)24-5)11(2)21-13-9-20(3,4)10-14(22)17(13)18/h7-8,18,21H,6,9-10H2,1-5H3. The van der Waals surface area contributed by atoms with Crippen LogP contribution < -0.4 is 5.32 Å². The molecule has 0 spiro atoms. The summed E-state index contributed by atoms with van der Waals surface area (Å²) in [5.41, 5.74) is 2.98. The Morgan fingerprint density at radius 1 is 1.36 bits per heavy atom. The Bertz CT molecular complexity index is 798. The summed E-state index contributed by atoms with van der Waals surface area (Å²) in [5.74, 6) is -0.563. The van der Waals surface area contributed by atoms with Gasteiger partial charge in [-0.15, -0.1) is 11.3 Å². The van der Waals surface area contributed by atoms with E-state index in [0.29, 0.717) is 12.0 Å². The van der Waals surface area contributed by atoms with Crippen LogP contribution in [0.25, 0.3) is 0 Å². The van der Waals surface area contributed by atoms with Gasteiger partial charge in [-0.3, -0.25) is 4.79 Å². The van der Waals surface area contributed by atoms with Crippen LogP contribution in [0.15, 0.2) is 34.7 Å². The Hall–Kier alpha value is -1.88. The topological polar surface area (TPSA) is 55.4 Å².